The quantitative estimate of drug-likeness (QED) is 0.883. The number of amides is 1. The van der Waals surface area contributed by atoms with Crippen LogP contribution in [0.1, 0.15) is 38.4 Å². The van der Waals surface area contributed by atoms with Crippen LogP contribution in [0.4, 0.5) is 13.2 Å². The third kappa shape index (κ3) is 3.82. The number of carbonyl (C=O) groups is 1. The molecule has 1 unspecified atom stereocenters. The van der Waals surface area contributed by atoms with E-state index in [0.29, 0.717) is 43.2 Å². The van der Waals surface area contributed by atoms with E-state index < -0.39 is 17.1 Å². The first-order valence-corrected chi connectivity index (χ1v) is 8.36. The number of halogens is 3. The molecule has 0 spiro atoms. The number of aromatic nitrogens is 4. The van der Waals surface area contributed by atoms with Crippen molar-refractivity contribution >= 4 is 17.2 Å². The highest BCUT2D eigenvalue weighted by atomic mass is 32.1. The lowest BCUT2D eigenvalue weighted by atomic mass is 10.1. The molecule has 0 radical (unpaired) electrons. The first-order chi connectivity index (χ1) is 11.8. The van der Waals surface area contributed by atoms with Gasteiger partial charge in [-0.25, -0.2) is 14.6 Å². The van der Waals surface area contributed by atoms with Gasteiger partial charge in [0, 0.05) is 19.6 Å². The number of alkyl halides is 3. The van der Waals surface area contributed by atoms with E-state index in [9.17, 15) is 18.0 Å². The standard InChI is InChI=1S/C14H16F3N5O2S/c1-7-11(25-13(18-7)14(15,16)17)12(23)19-8-3-4-10-20-9(6-24-2)21-22(10)5-8/h8H,3-6H2,1-2H3,(H,19,23). The van der Waals surface area contributed by atoms with Gasteiger partial charge in [-0.05, 0) is 13.3 Å². The summed E-state index contributed by atoms with van der Waals surface area (Å²) >= 11 is 0.360. The second-order valence-corrected chi connectivity index (χ2v) is 6.70. The summed E-state index contributed by atoms with van der Waals surface area (Å²) in [6.07, 6.45) is -3.29. The lowest BCUT2D eigenvalue weighted by Crippen LogP contribution is -2.41. The van der Waals surface area contributed by atoms with E-state index >= 15 is 0 Å². The maximum Gasteiger partial charge on any atom is 0.443 e. The molecule has 1 atom stereocenters. The van der Waals surface area contributed by atoms with Crippen LogP contribution in [0, 0.1) is 6.92 Å². The van der Waals surface area contributed by atoms with Gasteiger partial charge >= 0.3 is 6.18 Å². The largest absolute Gasteiger partial charge is 0.443 e. The summed E-state index contributed by atoms with van der Waals surface area (Å²) in [7, 11) is 1.55. The van der Waals surface area contributed by atoms with Crippen molar-refractivity contribution in [2.75, 3.05) is 7.11 Å². The van der Waals surface area contributed by atoms with Crippen molar-refractivity contribution in [2.24, 2.45) is 0 Å². The molecule has 1 N–H and O–H groups in total. The number of hydrogen-bond acceptors (Lipinski definition) is 6. The maximum atomic E-state index is 12.7. The first-order valence-electron chi connectivity index (χ1n) is 7.55. The third-order valence-electron chi connectivity index (χ3n) is 3.76. The van der Waals surface area contributed by atoms with Gasteiger partial charge in [0.15, 0.2) is 10.8 Å². The lowest BCUT2D eigenvalue weighted by molar-refractivity contribution is -0.137. The van der Waals surface area contributed by atoms with Gasteiger partial charge in [-0.2, -0.15) is 18.3 Å². The highest BCUT2D eigenvalue weighted by Crippen LogP contribution is 2.34. The molecule has 25 heavy (non-hydrogen) atoms. The molecule has 11 heteroatoms. The van der Waals surface area contributed by atoms with Gasteiger partial charge in [0.25, 0.3) is 5.91 Å². The van der Waals surface area contributed by atoms with Crippen molar-refractivity contribution in [3.8, 4) is 0 Å². The normalized spacial score (nSPS) is 17.4. The van der Waals surface area contributed by atoms with Crippen molar-refractivity contribution < 1.29 is 22.7 Å². The van der Waals surface area contributed by atoms with Gasteiger partial charge in [0.05, 0.1) is 12.2 Å². The number of rotatable bonds is 4. The van der Waals surface area contributed by atoms with Crippen molar-refractivity contribution in [3.63, 3.8) is 0 Å². The Labute approximate surface area is 145 Å². The van der Waals surface area contributed by atoms with E-state index in [4.69, 9.17) is 4.74 Å². The summed E-state index contributed by atoms with van der Waals surface area (Å²) in [6.45, 7) is 2.12. The molecule has 3 heterocycles. The van der Waals surface area contributed by atoms with Crippen LogP contribution < -0.4 is 5.32 Å². The Balaban J connectivity index is 1.69. The number of hydrogen-bond donors (Lipinski definition) is 1. The average Bonchev–Trinajstić information content (AvgIpc) is 3.09. The number of carbonyl (C=O) groups excluding carboxylic acids is 1. The molecule has 136 valence electrons. The second kappa shape index (κ2) is 6.71. The van der Waals surface area contributed by atoms with E-state index in [1.807, 2.05) is 0 Å². The SMILES string of the molecule is COCc1nc2n(n1)CC(NC(=O)c1sc(C(F)(F)F)nc1C)CC2. The predicted molar refractivity (Wildman–Crippen MR) is 82.2 cm³/mol. The lowest BCUT2D eigenvalue weighted by Gasteiger charge is -2.23. The van der Waals surface area contributed by atoms with E-state index in [2.05, 4.69) is 20.4 Å². The zero-order valence-electron chi connectivity index (χ0n) is 13.6. The van der Waals surface area contributed by atoms with Crippen LogP contribution in [0.2, 0.25) is 0 Å². The summed E-state index contributed by atoms with van der Waals surface area (Å²) in [6, 6.07) is -0.229. The van der Waals surface area contributed by atoms with Crippen LogP contribution in [0.5, 0.6) is 0 Å². The van der Waals surface area contributed by atoms with Gasteiger partial charge < -0.3 is 10.1 Å². The molecule has 0 aliphatic carbocycles. The summed E-state index contributed by atoms with van der Waals surface area (Å²) in [5.41, 5.74) is 0.0782. The molecule has 0 bridgehead atoms. The zero-order valence-corrected chi connectivity index (χ0v) is 14.4. The molecule has 1 aliphatic heterocycles. The van der Waals surface area contributed by atoms with E-state index in [0.717, 1.165) is 5.82 Å². The van der Waals surface area contributed by atoms with E-state index in [1.165, 1.54) is 6.92 Å². The van der Waals surface area contributed by atoms with E-state index in [-0.39, 0.29) is 16.6 Å². The van der Waals surface area contributed by atoms with Gasteiger partial charge in [0.2, 0.25) is 0 Å². The Morgan fingerprint density at radius 2 is 2.20 bits per heavy atom. The van der Waals surface area contributed by atoms with Gasteiger partial charge in [-0.15, -0.1) is 11.3 Å². The molecule has 1 amide bonds. The number of fused-ring (bicyclic) bond motifs is 1. The van der Waals surface area contributed by atoms with Crippen LogP contribution in [0.3, 0.4) is 0 Å². The fourth-order valence-corrected chi connectivity index (χ4v) is 3.48. The number of thiazole rings is 1. The van der Waals surface area contributed by atoms with Crippen LogP contribution >= 0.6 is 11.3 Å². The Hall–Kier alpha value is -2.01. The fraction of sp³-hybridized carbons (Fsp3) is 0.571. The fourth-order valence-electron chi connectivity index (χ4n) is 2.65. The molecule has 0 fully saturated rings. The number of nitrogens with zero attached hydrogens (tertiary/aromatic N) is 4. The predicted octanol–water partition coefficient (Wildman–Crippen LogP) is 1.95. The van der Waals surface area contributed by atoms with Crippen LogP contribution in [-0.2, 0) is 30.5 Å². The molecule has 0 aromatic carbocycles. The first kappa shape index (κ1) is 17.8. The Morgan fingerprint density at radius 1 is 1.44 bits per heavy atom. The van der Waals surface area contributed by atoms with Crippen molar-refractivity contribution in [2.45, 2.75) is 45.1 Å². The van der Waals surface area contributed by atoms with Crippen molar-refractivity contribution in [1.82, 2.24) is 25.1 Å². The number of methoxy groups -OCH3 is 1. The Bertz CT molecular complexity index is 786. The number of ether oxygens (including phenoxy) is 1. The van der Waals surface area contributed by atoms with Gasteiger partial charge in [0.1, 0.15) is 17.3 Å². The van der Waals surface area contributed by atoms with E-state index in [1.54, 1.807) is 11.8 Å². The van der Waals surface area contributed by atoms with Crippen LogP contribution in [-0.4, -0.2) is 38.8 Å². The maximum absolute atomic E-state index is 12.7. The molecule has 0 saturated carbocycles. The van der Waals surface area contributed by atoms with Gasteiger partial charge in [-0.3, -0.25) is 4.79 Å². The molecule has 7 nitrogen and oxygen atoms in total. The number of aryl methyl sites for hydroxylation is 2. The molecule has 2 aromatic rings. The minimum atomic E-state index is -4.55. The highest BCUT2D eigenvalue weighted by Gasteiger charge is 2.36. The monoisotopic (exact) mass is 375 g/mol. The summed E-state index contributed by atoms with van der Waals surface area (Å²) in [5.74, 6) is 0.833. The molecular formula is C14H16F3N5O2S. The molecule has 0 saturated heterocycles. The molecule has 3 rings (SSSR count). The number of nitrogens with one attached hydrogen (secondary N) is 1. The zero-order chi connectivity index (χ0) is 18.2. The smallest absolute Gasteiger partial charge is 0.377 e. The Kier molecular flexibility index (Phi) is 4.78. The third-order valence-corrected chi connectivity index (χ3v) is 4.96. The molecule has 2 aromatic heterocycles. The summed E-state index contributed by atoms with van der Waals surface area (Å²) < 4.78 is 44.9. The summed E-state index contributed by atoms with van der Waals surface area (Å²) in [5, 5.41) is 6.05. The van der Waals surface area contributed by atoms with Crippen molar-refractivity contribution in [3.05, 3.63) is 27.2 Å². The van der Waals surface area contributed by atoms with Gasteiger partial charge in [-0.1, -0.05) is 0 Å². The Morgan fingerprint density at radius 3 is 2.84 bits per heavy atom. The van der Waals surface area contributed by atoms with Crippen LogP contribution in [0.25, 0.3) is 0 Å². The second-order valence-electron chi connectivity index (χ2n) is 5.70. The molecular weight excluding hydrogens is 359 g/mol. The van der Waals surface area contributed by atoms with Crippen LogP contribution in [0.15, 0.2) is 0 Å². The topological polar surface area (TPSA) is 81.9 Å². The minimum Gasteiger partial charge on any atom is -0.377 e. The minimum absolute atomic E-state index is 0.0169. The summed E-state index contributed by atoms with van der Waals surface area (Å²) in [4.78, 5) is 20.1. The molecule has 1 aliphatic rings. The average molecular weight is 375 g/mol. The highest BCUT2D eigenvalue weighted by molar-refractivity contribution is 7.13. The van der Waals surface area contributed by atoms with Crippen molar-refractivity contribution in [1.29, 1.82) is 0 Å².